The normalized spacial score (nSPS) is 12.1. The van der Waals surface area contributed by atoms with Gasteiger partial charge in [-0.1, -0.05) is 0 Å². The second kappa shape index (κ2) is 4.93. The maximum absolute atomic E-state index is 12.6. The van der Waals surface area contributed by atoms with Gasteiger partial charge in [0.05, 0.1) is 5.52 Å². The van der Waals surface area contributed by atoms with E-state index in [0.29, 0.717) is 10.3 Å². The molecule has 0 atom stereocenters. The van der Waals surface area contributed by atoms with Gasteiger partial charge >= 0.3 is 6.18 Å². The molecule has 2 rings (SSSR count). The molecule has 2 aromatic rings. The van der Waals surface area contributed by atoms with Gasteiger partial charge in [-0.2, -0.15) is 13.2 Å². The molecule has 8 heteroatoms. The van der Waals surface area contributed by atoms with Crippen molar-refractivity contribution in [3.8, 4) is 0 Å². The molecule has 0 saturated carbocycles. The second-order valence-electron chi connectivity index (χ2n) is 3.82. The van der Waals surface area contributed by atoms with Crippen molar-refractivity contribution in [2.45, 2.75) is 12.6 Å². The molecule has 0 aromatic carbocycles. The smallest absolute Gasteiger partial charge is 0.330 e. The predicted molar refractivity (Wildman–Crippen MR) is 66.0 cm³/mol. The number of alkyl halides is 3. The molecule has 2 N–H and O–H groups in total. The summed E-state index contributed by atoms with van der Waals surface area (Å²) in [5, 5.41) is 0. The fraction of sp³-hybridized carbons (Fsp3) is 0.273. The number of halogens is 4. The molecule has 0 unspecified atom stereocenters. The van der Waals surface area contributed by atoms with Crippen molar-refractivity contribution in [3.63, 3.8) is 0 Å². The van der Waals surface area contributed by atoms with E-state index in [1.165, 1.54) is 4.40 Å². The summed E-state index contributed by atoms with van der Waals surface area (Å²) in [6.07, 6.45) is -3.13. The molecule has 0 spiro atoms. The van der Waals surface area contributed by atoms with E-state index in [9.17, 15) is 18.0 Å². The molecule has 0 aliphatic carbocycles. The van der Waals surface area contributed by atoms with Crippen LogP contribution in [0.2, 0.25) is 0 Å². The first-order valence-electron chi connectivity index (χ1n) is 5.33. The molecule has 19 heavy (non-hydrogen) atoms. The van der Waals surface area contributed by atoms with Crippen LogP contribution in [0, 0.1) is 0 Å². The molecule has 4 nitrogen and oxygen atoms in total. The number of hydrogen-bond acceptors (Lipinski definition) is 3. The Morgan fingerprint density at radius 3 is 2.74 bits per heavy atom. The number of nitrogens with zero attached hydrogens (tertiary/aromatic N) is 2. The van der Waals surface area contributed by atoms with E-state index in [0.717, 1.165) is 0 Å². The van der Waals surface area contributed by atoms with Gasteiger partial charge in [0.15, 0.2) is 0 Å². The minimum absolute atomic E-state index is 0.105. The van der Waals surface area contributed by atoms with E-state index in [2.05, 4.69) is 20.9 Å². The summed E-state index contributed by atoms with van der Waals surface area (Å²) >= 11 is 3.14. The van der Waals surface area contributed by atoms with E-state index >= 15 is 0 Å². The number of nitrogens with two attached hydrogens (primary N) is 1. The molecular formula is C11H9BrF3N3O. The first kappa shape index (κ1) is 14.0. The lowest BCUT2D eigenvalue weighted by molar-refractivity contribution is -0.0887. The lowest BCUT2D eigenvalue weighted by Gasteiger charge is -2.03. The van der Waals surface area contributed by atoms with Crippen LogP contribution in [0.4, 0.5) is 13.2 Å². The van der Waals surface area contributed by atoms with Crippen LogP contribution >= 0.6 is 15.9 Å². The van der Waals surface area contributed by atoms with E-state index < -0.39 is 17.7 Å². The van der Waals surface area contributed by atoms with Gasteiger partial charge in [0.25, 0.3) is 5.78 Å². The van der Waals surface area contributed by atoms with E-state index in [1.807, 2.05) is 0 Å². The Bertz CT molecular complexity index is 636. The zero-order valence-corrected chi connectivity index (χ0v) is 11.1. The minimum atomic E-state index is -4.95. The van der Waals surface area contributed by atoms with Gasteiger partial charge < -0.3 is 10.1 Å². The third-order valence-corrected chi connectivity index (χ3v) is 3.17. The Labute approximate surface area is 114 Å². The van der Waals surface area contributed by atoms with Gasteiger partial charge in [-0.25, -0.2) is 4.98 Å². The Morgan fingerprint density at radius 1 is 1.47 bits per heavy atom. The van der Waals surface area contributed by atoms with Crippen LogP contribution in [0.15, 0.2) is 22.8 Å². The summed E-state index contributed by atoms with van der Waals surface area (Å²) in [5.41, 5.74) is 4.89. The standard InChI is InChI=1S/C11H9BrF3N3O/c12-6-2-1-5-18-7(3-4-16)17-8(9(6)18)10(19)11(13,14)15/h1-2,5H,3-4,16H2. The average molecular weight is 336 g/mol. The van der Waals surface area contributed by atoms with Crippen LogP contribution in [0.1, 0.15) is 16.3 Å². The Balaban J connectivity index is 2.71. The molecule has 2 heterocycles. The van der Waals surface area contributed by atoms with Crippen molar-refractivity contribution < 1.29 is 18.0 Å². The fourth-order valence-electron chi connectivity index (χ4n) is 1.76. The highest BCUT2D eigenvalue weighted by Crippen LogP contribution is 2.28. The van der Waals surface area contributed by atoms with E-state index in [4.69, 9.17) is 5.73 Å². The summed E-state index contributed by atoms with van der Waals surface area (Å²) < 4.78 is 39.5. The van der Waals surface area contributed by atoms with Crippen molar-refractivity contribution in [2.24, 2.45) is 5.73 Å². The van der Waals surface area contributed by atoms with Crippen LogP contribution in [-0.2, 0) is 6.42 Å². The maximum Gasteiger partial charge on any atom is 0.456 e. The van der Waals surface area contributed by atoms with E-state index in [-0.39, 0.29) is 18.5 Å². The molecule has 0 aliphatic rings. The predicted octanol–water partition coefficient (Wildman–Crippen LogP) is 2.34. The molecule has 0 amide bonds. The van der Waals surface area contributed by atoms with Gasteiger partial charge in [0.1, 0.15) is 11.5 Å². The summed E-state index contributed by atoms with van der Waals surface area (Å²) in [6.45, 7) is 0.227. The van der Waals surface area contributed by atoms with Crippen LogP contribution in [0.3, 0.4) is 0 Å². The summed E-state index contributed by atoms with van der Waals surface area (Å²) in [5.74, 6) is -1.63. The van der Waals surface area contributed by atoms with Crippen molar-refractivity contribution >= 4 is 27.2 Å². The minimum Gasteiger partial charge on any atom is -0.330 e. The number of rotatable bonds is 3. The highest BCUT2D eigenvalue weighted by atomic mass is 79.9. The quantitative estimate of drug-likeness (QED) is 0.876. The summed E-state index contributed by atoms with van der Waals surface area (Å²) in [4.78, 5) is 15.2. The third kappa shape index (κ3) is 2.50. The van der Waals surface area contributed by atoms with Gasteiger partial charge in [0.2, 0.25) is 0 Å². The molecular weight excluding hydrogens is 327 g/mol. The first-order valence-corrected chi connectivity index (χ1v) is 6.12. The second-order valence-corrected chi connectivity index (χ2v) is 4.67. The van der Waals surface area contributed by atoms with Crippen LogP contribution in [0.5, 0.6) is 0 Å². The zero-order valence-electron chi connectivity index (χ0n) is 9.54. The lowest BCUT2D eigenvalue weighted by Crippen LogP contribution is -2.23. The van der Waals surface area contributed by atoms with Crippen LogP contribution < -0.4 is 5.73 Å². The Hall–Kier alpha value is -1.41. The number of Topliss-reactive ketones (excluding diaryl/α,β-unsaturated/α-hetero) is 1. The number of fused-ring (bicyclic) bond motifs is 1. The fourth-order valence-corrected chi connectivity index (χ4v) is 2.29. The maximum atomic E-state index is 12.6. The molecule has 102 valence electrons. The average Bonchev–Trinajstić information content (AvgIpc) is 2.68. The van der Waals surface area contributed by atoms with Gasteiger partial charge in [-0.05, 0) is 34.6 Å². The van der Waals surface area contributed by atoms with E-state index in [1.54, 1.807) is 18.3 Å². The SMILES string of the molecule is NCCc1nc(C(=O)C(F)(F)F)c2c(Br)cccn12. The number of pyridine rings is 1. The van der Waals surface area contributed by atoms with Gasteiger partial charge in [-0.15, -0.1) is 0 Å². The Morgan fingerprint density at radius 2 is 2.16 bits per heavy atom. The van der Waals surface area contributed by atoms with Gasteiger partial charge in [-0.3, -0.25) is 4.79 Å². The molecule has 0 bridgehead atoms. The van der Waals surface area contributed by atoms with Gasteiger partial charge in [0, 0.05) is 17.1 Å². The van der Waals surface area contributed by atoms with Crippen molar-refractivity contribution in [3.05, 3.63) is 34.3 Å². The van der Waals surface area contributed by atoms with Crippen molar-refractivity contribution in [1.82, 2.24) is 9.38 Å². The number of aromatic nitrogens is 2. The van der Waals surface area contributed by atoms with Crippen LogP contribution in [-0.4, -0.2) is 27.9 Å². The molecule has 0 aliphatic heterocycles. The molecule has 2 aromatic heterocycles. The lowest BCUT2D eigenvalue weighted by atomic mass is 10.2. The topological polar surface area (TPSA) is 60.4 Å². The number of imidazole rings is 1. The number of carbonyl (C=O) groups excluding carboxylic acids is 1. The Kier molecular flexibility index (Phi) is 3.64. The number of carbonyl (C=O) groups is 1. The molecule has 0 fully saturated rings. The zero-order chi connectivity index (χ0) is 14.2. The highest BCUT2D eigenvalue weighted by Gasteiger charge is 2.42. The highest BCUT2D eigenvalue weighted by molar-refractivity contribution is 9.10. The van der Waals surface area contributed by atoms with Crippen LogP contribution in [0.25, 0.3) is 5.52 Å². The monoisotopic (exact) mass is 335 g/mol. The molecule has 0 saturated heterocycles. The third-order valence-electron chi connectivity index (χ3n) is 2.53. The van der Waals surface area contributed by atoms with Crippen molar-refractivity contribution in [2.75, 3.05) is 6.54 Å². The summed E-state index contributed by atoms with van der Waals surface area (Å²) in [7, 11) is 0. The first-order chi connectivity index (χ1) is 8.86. The number of ketones is 1. The molecule has 0 radical (unpaired) electrons. The summed E-state index contributed by atoms with van der Waals surface area (Å²) in [6, 6.07) is 3.19. The number of hydrogen-bond donors (Lipinski definition) is 1. The van der Waals surface area contributed by atoms with Crippen molar-refractivity contribution in [1.29, 1.82) is 0 Å². The largest absolute Gasteiger partial charge is 0.456 e.